The summed E-state index contributed by atoms with van der Waals surface area (Å²) in [4.78, 5) is 5.12. The number of hydrogen-bond donors (Lipinski definition) is 0. The molecule has 3 heteroatoms. The average Bonchev–Trinajstić information content (AvgIpc) is 2.49. The third-order valence-corrected chi connectivity index (χ3v) is 4.26. The third-order valence-electron chi connectivity index (χ3n) is 4.26. The molecule has 2 aliphatic rings. The van der Waals surface area contributed by atoms with Gasteiger partial charge in [-0.2, -0.15) is 0 Å². The Kier molecular flexibility index (Phi) is 4.36. The van der Waals surface area contributed by atoms with Crippen LogP contribution in [0.4, 0.5) is 5.69 Å². The van der Waals surface area contributed by atoms with E-state index in [9.17, 15) is 0 Å². The predicted molar refractivity (Wildman–Crippen MR) is 78.6 cm³/mol. The van der Waals surface area contributed by atoms with Crippen molar-refractivity contribution in [1.29, 1.82) is 0 Å². The molecule has 1 unspecified atom stereocenters. The fraction of sp³-hybridized carbons (Fsp3) is 0.625. The Morgan fingerprint density at radius 1 is 1.05 bits per heavy atom. The summed E-state index contributed by atoms with van der Waals surface area (Å²) in [5, 5.41) is 0. The molecule has 104 valence electrons. The molecule has 3 nitrogen and oxygen atoms in total. The van der Waals surface area contributed by atoms with Gasteiger partial charge in [-0.1, -0.05) is 18.2 Å². The Hall–Kier alpha value is -1.06. The molecule has 2 saturated heterocycles. The normalized spacial score (nSPS) is 25.5. The predicted octanol–water partition coefficient (Wildman–Crippen LogP) is 2.24. The summed E-state index contributed by atoms with van der Waals surface area (Å²) in [6.07, 6.45) is 2.70. The van der Waals surface area contributed by atoms with E-state index < -0.39 is 0 Å². The molecular formula is C16H24N2O. The minimum atomic E-state index is 0.812. The highest BCUT2D eigenvalue weighted by Crippen LogP contribution is 2.23. The molecule has 1 atom stereocenters. The van der Waals surface area contributed by atoms with E-state index in [0.29, 0.717) is 0 Å². The van der Waals surface area contributed by atoms with Crippen LogP contribution in [-0.4, -0.2) is 50.8 Å². The van der Waals surface area contributed by atoms with Crippen LogP contribution in [0.3, 0.4) is 0 Å². The van der Waals surface area contributed by atoms with Gasteiger partial charge in [-0.3, -0.25) is 4.90 Å². The van der Waals surface area contributed by atoms with E-state index in [1.165, 1.54) is 38.2 Å². The van der Waals surface area contributed by atoms with Gasteiger partial charge in [-0.25, -0.2) is 0 Å². The lowest BCUT2D eigenvalue weighted by Gasteiger charge is -2.37. The highest BCUT2D eigenvalue weighted by molar-refractivity contribution is 5.46. The highest BCUT2D eigenvalue weighted by atomic mass is 16.5. The monoisotopic (exact) mass is 260 g/mol. The maximum atomic E-state index is 5.43. The fourth-order valence-corrected chi connectivity index (χ4v) is 3.24. The molecule has 0 aromatic heterocycles. The van der Waals surface area contributed by atoms with Gasteiger partial charge in [0.2, 0.25) is 0 Å². The van der Waals surface area contributed by atoms with Crippen LogP contribution in [0.2, 0.25) is 0 Å². The number of benzene rings is 1. The van der Waals surface area contributed by atoms with Crippen LogP contribution in [0.1, 0.15) is 12.8 Å². The van der Waals surface area contributed by atoms with E-state index in [1.54, 1.807) is 0 Å². The SMILES string of the molecule is c1ccc(N2CCCC(CN3CCOCC3)C2)cc1. The lowest BCUT2D eigenvalue weighted by atomic mass is 9.96. The summed E-state index contributed by atoms with van der Waals surface area (Å²) in [7, 11) is 0. The van der Waals surface area contributed by atoms with Gasteiger partial charge in [0.25, 0.3) is 0 Å². The van der Waals surface area contributed by atoms with Gasteiger partial charge in [0, 0.05) is 38.4 Å². The summed E-state index contributed by atoms with van der Waals surface area (Å²) in [5.74, 6) is 0.812. The van der Waals surface area contributed by atoms with Gasteiger partial charge < -0.3 is 9.64 Å². The van der Waals surface area contributed by atoms with E-state index in [0.717, 1.165) is 32.2 Å². The zero-order chi connectivity index (χ0) is 12.9. The van der Waals surface area contributed by atoms with Crippen molar-refractivity contribution in [1.82, 2.24) is 4.90 Å². The number of piperidine rings is 1. The smallest absolute Gasteiger partial charge is 0.0594 e. The van der Waals surface area contributed by atoms with Crippen molar-refractivity contribution in [2.24, 2.45) is 5.92 Å². The largest absolute Gasteiger partial charge is 0.379 e. The molecule has 0 amide bonds. The summed E-state index contributed by atoms with van der Waals surface area (Å²) < 4.78 is 5.43. The number of morpholine rings is 1. The second-order valence-electron chi connectivity index (χ2n) is 5.70. The average molecular weight is 260 g/mol. The van der Waals surface area contributed by atoms with Crippen LogP contribution in [0.25, 0.3) is 0 Å². The minimum Gasteiger partial charge on any atom is -0.379 e. The molecule has 2 aliphatic heterocycles. The number of para-hydroxylation sites is 1. The molecular weight excluding hydrogens is 236 g/mol. The highest BCUT2D eigenvalue weighted by Gasteiger charge is 2.23. The first-order chi connectivity index (χ1) is 9.42. The maximum Gasteiger partial charge on any atom is 0.0594 e. The van der Waals surface area contributed by atoms with Crippen molar-refractivity contribution in [3.8, 4) is 0 Å². The first kappa shape index (κ1) is 12.9. The zero-order valence-electron chi connectivity index (χ0n) is 11.6. The van der Waals surface area contributed by atoms with Crippen molar-refractivity contribution in [3.63, 3.8) is 0 Å². The van der Waals surface area contributed by atoms with Crippen molar-refractivity contribution in [2.75, 3.05) is 50.8 Å². The van der Waals surface area contributed by atoms with Crippen molar-refractivity contribution in [3.05, 3.63) is 30.3 Å². The van der Waals surface area contributed by atoms with Crippen LogP contribution >= 0.6 is 0 Å². The third kappa shape index (κ3) is 3.48. The Balaban J connectivity index is 1.55. The van der Waals surface area contributed by atoms with Gasteiger partial charge in [-0.05, 0) is 30.9 Å². The quantitative estimate of drug-likeness (QED) is 0.829. The Labute approximate surface area is 116 Å². The minimum absolute atomic E-state index is 0.812. The standard InChI is InChI=1S/C16H24N2O/c1-2-6-16(7-3-1)18-8-4-5-15(14-18)13-17-9-11-19-12-10-17/h1-3,6-7,15H,4-5,8-14H2. The second kappa shape index (κ2) is 6.40. The van der Waals surface area contributed by atoms with Gasteiger partial charge in [-0.15, -0.1) is 0 Å². The van der Waals surface area contributed by atoms with Crippen molar-refractivity contribution >= 4 is 5.69 Å². The number of nitrogens with zero attached hydrogens (tertiary/aromatic N) is 2. The summed E-state index contributed by atoms with van der Waals surface area (Å²) >= 11 is 0. The zero-order valence-corrected chi connectivity index (χ0v) is 11.6. The van der Waals surface area contributed by atoms with Gasteiger partial charge in [0.1, 0.15) is 0 Å². The number of ether oxygens (including phenoxy) is 1. The molecule has 1 aromatic carbocycles. The molecule has 0 spiro atoms. The molecule has 19 heavy (non-hydrogen) atoms. The topological polar surface area (TPSA) is 15.7 Å². The molecule has 0 bridgehead atoms. The van der Waals surface area contributed by atoms with Gasteiger partial charge in [0.05, 0.1) is 13.2 Å². The van der Waals surface area contributed by atoms with Crippen LogP contribution in [-0.2, 0) is 4.74 Å². The molecule has 1 aromatic rings. The molecule has 3 rings (SSSR count). The Bertz CT molecular complexity index is 376. The van der Waals surface area contributed by atoms with E-state index >= 15 is 0 Å². The second-order valence-corrected chi connectivity index (χ2v) is 5.70. The first-order valence-electron chi connectivity index (χ1n) is 7.52. The van der Waals surface area contributed by atoms with Gasteiger partial charge in [0.15, 0.2) is 0 Å². The van der Waals surface area contributed by atoms with E-state index in [-0.39, 0.29) is 0 Å². The van der Waals surface area contributed by atoms with Crippen molar-refractivity contribution in [2.45, 2.75) is 12.8 Å². The maximum absolute atomic E-state index is 5.43. The van der Waals surface area contributed by atoms with Gasteiger partial charge >= 0.3 is 0 Å². The van der Waals surface area contributed by atoms with Crippen LogP contribution in [0.5, 0.6) is 0 Å². The molecule has 2 fully saturated rings. The Morgan fingerprint density at radius 2 is 1.84 bits per heavy atom. The molecule has 0 saturated carbocycles. The fourth-order valence-electron chi connectivity index (χ4n) is 3.24. The molecule has 0 N–H and O–H groups in total. The van der Waals surface area contributed by atoms with Crippen LogP contribution in [0.15, 0.2) is 30.3 Å². The van der Waals surface area contributed by atoms with Crippen LogP contribution < -0.4 is 4.90 Å². The Morgan fingerprint density at radius 3 is 2.63 bits per heavy atom. The van der Waals surface area contributed by atoms with E-state index in [2.05, 4.69) is 40.1 Å². The number of hydrogen-bond acceptors (Lipinski definition) is 3. The molecule has 0 radical (unpaired) electrons. The van der Waals surface area contributed by atoms with E-state index in [4.69, 9.17) is 4.74 Å². The van der Waals surface area contributed by atoms with Crippen LogP contribution in [0, 0.1) is 5.92 Å². The summed E-state index contributed by atoms with van der Waals surface area (Å²) in [6.45, 7) is 7.71. The lowest BCUT2D eigenvalue weighted by molar-refractivity contribution is 0.0296. The number of anilines is 1. The molecule has 2 heterocycles. The first-order valence-corrected chi connectivity index (χ1v) is 7.52. The molecule has 0 aliphatic carbocycles. The summed E-state index contributed by atoms with van der Waals surface area (Å²) in [6, 6.07) is 10.8. The lowest BCUT2D eigenvalue weighted by Crippen LogP contribution is -2.44. The van der Waals surface area contributed by atoms with Crippen molar-refractivity contribution < 1.29 is 4.74 Å². The number of rotatable bonds is 3. The van der Waals surface area contributed by atoms with E-state index in [1.807, 2.05) is 0 Å². The summed E-state index contributed by atoms with van der Waals surface area (Å²) in [5.41, 5.74) is 1.38.